The summed E-state index contributed by atoms with van der Waals surface area (Å²) < 4.78 is 10.0. The first-order valence-corrected chi connectivity index (χ1v) is 6.21. The number of rotatable bonds is 8. The minimum absolute atomic E-state index is 0.131. The van der Waals surface area contributed by atoms with E-state index in [9.17, 15) is 10.1 Å². The number of nitro groups is 1. The van der Waals surface area contributed by atoms with E-state index in [0.29, 0.717) is 25.5 Å². The van der Waals surface area contributed by atoms with Crippen molar-refractivity contribution in [2.24, 2.45) is 0 Å². The SMILES string of the molecule is COCCNc1ncnc(NCc2ccco2)c1[N+](=O)[O-]. The maximum Gasteiger partial charge on any atom is 0.353 e. The number of methoxy groups -OCH3 is 1. The summed E-state index contributed by atoms with van der Waals surface area (Å²) in [5.74, 6) is 0.928. The van der Waals surface area contributed by atoms with Crippen molar-refractivity contribution in [2.75, 3.05) is 30.9 Å². The number of nitrogens with one attached hydrogen (secondary N) is 2. The maximum atomic E-state index is 11.2. The molecule has 0 amide bonds. The first-order chi connectivity index (χ1) is 10.2. The Hall–Kier alpha value is -2.68. The molecule has 0 bridgehead atoms. The number of aromatic nitrogens is 2. The molecular formula is C12H15N5O4. The molecule has 0 spiro atoms. The Balaban J connectivity index is 2.15. The third-order valence-corrected chi connectivity index (χ3v) is 2.61. The highest BCUT2D eigenvalue weighted by molar-refractivity contribution is 5.69. The summed E-state index contributed by atoms with van der Waals surface area (Å²) in [6.07, 6.45) is 2.79. The van der Waals surface area contributed by atoms with Gasteiger partial charge in [-0.25, -0.2) is 9.97 Å². The van der Waals surface area contributed by atoms with Gasteiger partial charge in [-0.15, -0.1) is 0 Å². The van der Waals surface area contributed by atoms with Crippen LogP contribution in [0.25, 0.3) is 0 Å². The highest BCUT2D eigenvalue weighted by Crippen LogP contribution is 2.28. The van der Waals surface area contributed by atoms with Crippen LogP contribution in [0.1, 0.15) is 5.76 Å². The molecule has 0 aliphatic heterocycles. The summed E-state index contributed by atoms with van der Waals surface area (Å²) in [6, 6.07) is 3.50. The van der Waals surface area contributed by atoms with Crippen LogP contribution in [-0.4, -0.2) is 35.2 Å². The molecule has 2 N–H and O–H groups in total. The second kappa shape index (κ2) is 7.20. The van der Waals surface area contributed by atoms with Crippen molar-refractivity contribution >= 4 is 17.3 Å². The van der Waals surface area contributed by atoms with E-state index in [-0.39, 0.29) is 17.3 Å². The van der Waals surface area contributed by atoms with Crippen LogP contribution >= 0.6 is 0 Å². The van der Waals surface area contributed by atoms with Gasteiger partial charge in [0.25, 0.3) is 0 Å². The number of hydrogen-bond acceptors (Lipinski definition) is 8. The molecular weight excluding hydrogens is 278 g/mol. The van der Waals surface area contributed by atoms with E-state index in [1.807, 2.05) is 0 Å². The van der Waals surface area contributed by atoms with Crippen molar-refractivity contribution in [3.63, 3.8) is 0 Å². The lowest BCUT2D eigenvalue weighted by Gasteiger charge is -2.09. The molecule has 9 heteroatoms. The monoisotopic (exact) mass is 293 g/mol. The van der Waals surface area contributed by atoms with Crippen molar-refractivity contribution in [1.82, 2.24) is 9.97 Å². The van der Waals surface area contributed by atoms with Gasteiger partial charge in [-0.2, -0.15) is 0 Å². The van der Waals surface area contributed by atoms with Crippen LogP contribution in [0.5, 0.6) is 0 Å². The molecule has 0 atom stereocenters. The predicted molar refractivity (Wildman–Crippen MR) is 75.1 cm³/mol. The zero-order valence-electron chi connectivity index (χ0n) is 11.4. The van der Waals surface area contributed by atoms with Gasteiger partial charge in [-0.1, -0.05) is 0 Å². The van der Waals surface area contributed by atoms with E-state index in [4.69, 9.17) is 9.15 Å². The van der Waals surface area contributed by atoms with E-state index in [0.717, 1.165) is 0 Å². The topological polar surface area (TPSA) is 115 Å². The van der Waals surface area contributed by atoms with Gasteiger partial charge < -0.3 is 19.8 Å². The van der Waals surface area contributed by atoms with E-state index in [1.165, 1.54) is 12.6 Å². The fourth-order valence-electron chi connectivity index (χ4n) is 1.67. The summed E-state index contributed by atoms with van der Waals surface area (Å²) in [4.78, 5) is 18.5. The molecule has 0 fully saturated rings. The molecule has 2 aromatic rings. The number of nitrogens with zero attached hydrogens (tertiary/aromatic N) is 3. The van der Waals surface area contributed by atoms with Gasteiger partial charge >= 0.3 is 5.69 Å². The minimum atomic E-state index is -0.528. The van der Waals surface area contributed by atoms with Crippen LogP contribution in [0.3, 0.4) is 0 Å². The molecule has 0 radical (unpaired) electrons. The van der Waals surface area contributed by atoms with Crippen molar-refractivity contribution in [1.29, 1.82) is 0 Å². The fourth-order valence-corrected chi connectivity index (χ4v) is 1.67. The fraction of sp³-hybridized carbons (Fsp3) is 0.333. The molecule has 0 unspecified atom stereocenters. The smallest absolute Gasteiger partial charge is 0.353 e. The zero-order chi connectivity index (χ0) is 15.1. The average molecular weight is 293 g/mol. The van der Waals surface area contributed by atoms with Gasteiger partial charge in [-0.05, 0) is 12.1 Å². The molecule has 2 heterocycles. The second-order valence-electron chi connectivity index (χ2n) is 4.03. The Morgan fingerprint density at radius 3 is 2.76 bits per heavy atom. The second-order valence-corrected chi connectivity index (χ2v) is 4.03. The summed E-state index contributed by atoms with van der Waals surface area (Å²) in [5.41, 5.74) is -0.208. The van der Waals surface area contributed by atoms with E-state index in [1.54, 1.807) is 19.2 Å². The first-order valence-electron chi connectivity index (χ1n) is 6.21. The number of hydrogen-bond donors (Lipinski definition) is 2. The molecule has 2 rings (SSSR count). The average Bonchev–Trinajstić information content (AvgIpc) is 2.98. The lowest BCUT2D eigenvalue weighted by Crippen LogP contribution is -2.13. The van der Waals surface area contributed by atoms with Gasteiger partial charge in [0.05, 0.1) is 24.3 Å². The molecule has 0 saturated heterocycles. The van der Waals surface area contributed by atoms with E-state index in [2.05, 4.69) is 20.6 Å². The van der Waals surface area contributed by atoms with E-state index < -0.39 is 4.92 Å². The first kappa shape index (κ1) is 14.7. The van der Waals surface area contributed by atoms with Gasteiger partial charge in [0.2, 0.25) is 11.6 Å². The van der Waals surface area contributed by atoms with Crippen LogP contribution in [0.15, 0.2) is 29.1 Å². The summed E-state index contributed by atoms with van der Waals surface area (Å²) in [7, 11) is 1.55. The van der Waals surface area contributed by atoms with Crippen LogP contribution in [-0.2, 0) is 11.3 Å². The van der Waals surface area contributed by atoms with Crippen molar-refractivity contribution in [2.45, 2.75) is 6.54 Å². The largest absolute Gasteiger partial charge is 0.467 e. The summed E-state index contributed by atoms with van der Waals surface area (Å²) in [5, 5.41) is 16.9. The van der Waals surface area contributed by atoms with Gasteiger partial charge in [0.15, 0.2) is 0 Å². The Morgan fingerprint density at radius 1 is 1.38 bits per heavy atom. The maximum absolute atomic E-state index is 11.2. The third kappa shape index (κ3) is 3.89. The highest BCUT2D eigenvalue weighted by Gasteiger charge is 2.22. The number of furan rings is 1. The normalized spacial score (nSPS) is 10.3. The van der Waals surface area contributed by atoms with Crippen molar-refractivity contribution < 1.29 is 14.1 Å². The molecule has 0 aromatic carbocycles. The lowest BCUT2D eigenvalue weighted by atomic mass is 10.4. The van der Waals surface area contributed by atoms with Gasteiger partial charge in [-0.3, -0.25) is 10.1 Å². The van der Waals surface area contributed by atoms with Crippen LogP contribution in [0.4, 0.5) is 17.3 Å². The standard InChI is InChI=1S/C12H15N5O4/c1-20-6-4-13-11-10(17(18)19)12(16-8-15-11)14-7-9-3-2-5-21-9/h2-3,5,8H,4,6-7H2,1H3,(H2,13,14,15,16). The van der Waals surface area contributed by atoms with Crippen LogP contribution < -0.4 is 10.6 Å². The molecule has 112 valence electrons. The number of anilines is 2. The quantitative estimate of drug-likeness (QED) is 0.429. The molecule has 0 saturated carbocycles. The molecule has 2 aromatic heterocycles. The van der Waals surface area contributed by atoms with Crippen LogP contribution in [0.2, 0.25) is 0 Å². The van der Waals surface area contributed by atoms with Gasteiger partial charge in [0.1, 0.15) is 12.1 Å². The summed E-state index contributed by atoms with van der Waals surface area (Å²) >= 11 is 0. The molecule has 21 heavy (non-hydrogen) atoms. The molecule has 9 nitrogen and oxygen atoms in total. The van der Waals surface area contributed by atoms with Crippen molar-refractivity contribution in [3.8, 4) is 0 Å². The van der Waals surface area contributed by atoms with Crippen LogP contribution in [0, 0.1) is 10.1 Å². The Morgan fingerprint density at radius 2 is 2.14 bits per heavy atom. The zero-order valence-corrected chi connectivity index (χ0v) is 11.4. The van der Waals surface area contributed by atoms with E-state index >= 15 is 0 Å². The molecule has 0 aliphatic carbocycles. The minimum Gasteiger partial charge on any atom is -0.467 e. The summed E-state index contributed by atoms with van der Waals surface area (Å²) in [6.45, 7) is 1.12. The number of ether oxygens (including phenoxy) is 1. The Labute approximate surface area is 120 Å². The highest BCUT2D eigenvalue weighted by atomic mass is 16.6. The predicted octanol–water partition coefficient (Wildman–Crippen LogP) is 1.65. The van der Waals surface area contributed by atoms with Gasteiger partial charge in [0, 0.05) is 13.7 Å². The Bertz CT molecular complexity index is 587. The lowest BCUT2D eigenvalue weighted by molar-refractivity contribution is -0.383. The molecule has 0 aliphatic rings. The third-order valence-electron chi connectivity index (χ3n) is 2.61. The Kier molecular flexibility index (Phi) is 5.04. The van der Waals surface area contributed by atoms with Crippen molar-refractivity contribution in [3.05, 3.63) is 40.6 Å².